The van der Waals surface area contributed by atoms with Crippen molar-refractivity contribution in [2.75, 3.05) is 13.2 Å². The zero-order valence-corrected chi connectivity index (χ0v) is 14.2. The maximum Gasteiger partial charge on any atom is 0.0884 e. The van der Waals surface area contributed by atoms with Crippen molar-refractivity contribution in [1.82, 2.24) is 5.32 Å². The number of aryl methyl sites for hydroxylation is 1. The highest BCUT2D eigenvalue weighted by molar-refractivity contribution is 7.10. The lowest BCUT2D eigenvalue weighted by atomic mass is 9.74. The van der Waals surface area contributed by atoms with Crippen LogP contribution >= 0.6 is 11.3 Å². The highest BCUT2D eigenvalue weighted by Crippen LogP contribution is 2.45. The fourth-order valence-electron chi connectivity index (χ4n) is 3.46. The van der Waals surface area contributed by atoms with Crippen LogP contribution in [0.15, 0.2) is 11.4 Å². The molecule has 1 heterocycles. The normalized spacial score (nSPS) is 28.5. The van der Waals surface area contributed by atoms with E-state index in [9.17, 15) is 0 Å². The molecule has 1 atom stereocenters. The van der Waals surface area contributed by atoms with Crippen molar-refractivity contribution >= 4 is 11.3 Å². The van der Waals surface area contributed by atoms with Gasteiger partial charge in [0.1, 0.15) is 0 Å². The van der Waals surface area contributed by atoms with E-state index in [2.05, 4.69) is 44.5 Å². The molecule has 0 aromatic carbocycles. The number of nitrogens with one attached hydrogen (secondary N) is 1. The molecule has 0 aliphatic heterocycles. The molecule has 1 aliphatic rings. The average Bonchev–Trinajstić information content (AvgIpc) is 2.85. The van der Waals surface area contributed by atoms with Crippen LogP contribution in [0.3, 0.4) is 0 Å². The molecule has 3 heteroatoms. The van der Waals surface area contributed by atoms with E-state index in [0.29, 0.717) is 6.04 Å². The van der Waals surface area contributed by atoms with E-state index in [1.165, 1.54) is 36.1 Å². The summed E-state index contributed by atoms with van der Waals surface area (Å²) in [5.41, 5.74) is 1.39. The number of hydrogen-bond donors (Lipinski definition) is 1. The van der Waals surface area contributed by atoms with Crippen molar-refractivity contribution in [2.45, 2.75) is 65.0 Å². The maximum absolute atomic E-state index is 6.36. The molecule has 1 aromatic rings. The molecule has 1 N–H and O–H groups in total. The quantitative estimate of drug-likeness (QED) is 0.822. The smallest absolute Gasteiger partial charge is 0.0884 e. The van der Waals surface area contributed by atoms with Gasteiger partial charge in [-0.05, 0) is 69.0 Å². The Labute approximate surface area is 127 Å². The summed E-state index contributed by atoms with van der Waals surface area (Å²) in [4.78, 5) is 1.47. The monoisotopic (exact) mass is 295 g/mol. The van der Waals surface area contributed by atoms with Crippen LogP contribution < -0.4 is 5.32 Å². The first kappa shape index (κ1) is 16.0. The third kappa shape index (κ3) is 3.26. The molecular formula is C17H29NOS. The Morgan fingerprint density at radius 1 is 1.40 bits per heavy atom. The van der Waals surface area contributed by atoms with Gasteiger partial charge in [-0.25, -0.2) is 0 Å². The van der Waals surface area contributed by atoms with Crippen LogP contribution in [0.4, 0.5) is 0 Å². The van der Waals surface area contributed by atoms with E-state index in [1.54, 1.807) is 0 Å². The summed E-state index contributed by atoms with van der Waals surface area (Å²) in [7, 11) is 0. The number of rotatable bonds is 6. The van der Waals surface area contributed by atoms with Crippen molar-refractivity contribution < 1.29 is 4.74 Å². The maximum atomic E-state index is 6.36. The first-order valence-corrected chi connectivity index (χ1v) is 8.92. The van der Waals surface area contributed by atoms with Gasteiger partial charge in [0.2, 0.25) is 0 Å². The molecule has 1 fully saturated rings. The molecule has 1 aliphatic carbocycles. The summed E-state index contributed by atoms with van der Waals surface area (Å²) >= 11 is 1.87. The van der Waals surface area contributed by atoms with Gasteiger partial charge in [0.05, 0.1) is 11.6 Å². The lowest BCUT2D eigenvalue weighted by molar-refractivity contribution is -0.0967. The fourth-order valence-corrected chi connectivity index (χ4v) is 4.56. The Hall–Kier alpha value is -0.380. The van der Waals surface area contributed by atoms with Gasteiger partial charge in [-0.2, -0.15) is 0 Å². The highest BCUT2D eigenvalue weighted by Gasteiger charge is 2.43. The van der Waals surface area contributed by atoms with E-state index in [1.807, 2.05) is 11.3 Å². The minimum absolute atomic E-state index is 0.00706. The van der Waals surface area contributed by atoms with Crippen LogP contribution in [0, 0.1) is 12.8 Å². The molecule has 1 saturated carbocycles. The van der Waals surface area contributed by atoms with Gasteiger partial charge in [-0.3, -0.25) is 0 Å². The Morgan fingerprint density at radius 2 is 2.10 bits per heavy atom. The molecule has 2 rings (SSSR count). The standard InChI is InChI=1S/C17H29NOS/c1-5-18-16(15-14(4)9-12-20-15)17(19-6-2)10-7-13(3)8-11-17/h9,12-13,16,18H,5-8,10-11H2,1-4H3. The Kier molecular flexibility index (Phi) is 5.65. The molecule has 0 saturated heterocycles. The van der Waals surface area contributed by atoms with Crippen LogP contribution in [0.5, 0.6) is 0 Å². The van der Waals surface area contributed by atoms with E-state index < -0.39 is 0 Å². The van der Waals surface area contributed by atoms with Gasteiger partial charge in [0, 0.05) is 11.5 Å². The number of likely N-dealkylation sites (N-methyl/N-ethyl adjacent to an activating group) is 1. The largest absolute Gasteiger partial charge is 0.373 e. The minimum Gasteiger partial charge on any atom is -0.373 e. The second kappa shape index (κ2) is 7.06. The summed E-state index contributed by atoms with van der Waals surface area (Å²) in [6.07, 6.45) is 4.92. The molecule has 20 heavy (non-hydrogen) atoms. The van der Waals surface area contributed by atoms with Gasteiger partial charge in [0.25, 0.3) is 0 Å². The lowest BCUT2D eigenvalue weighted by Crippen LogP contribution is -2.48. The number of ether oxygens (including phenoxy) is 1. The molecule has 2 nitrogen and oxygen atoms in total. The average molecular weight is 295 g/mol. The molecular weight excluding hydrogens is 266 g/mol. The van der Waals surface area contributed by atoms with E-state index in [0.717, 1.165) is 19.1 Å². The molecule has 0 spiro atoms. The Balaban J connectivity index is 2.30. The van der Waals surface area contributed by atoms with Crippen molar-refractivity contribution in [3.8, 4) is 0 Å². The number of hydrogen-bond acceptors (Lipinski definition) is 3. The van der Waals surface area contributed by atoms with Gasteiger partial charge in [-0.15, -0.1) is 11.3 Å². The van der Waals surface area contributed by atoms with Crippen molar-refractivity contribution in [3.05, 3.63) is 21.9 Å². The molecule has 114 valence electrons. The zero-order chi connectivity index (χ0) is 14.6. The zero-order valence-electron chi connectivity index (χ0n) is 13.4. The van der Waals surface area contributed by atoms with Crippen LogP contribution in [0.25, 0.3) is 0 Å². The molecule has 0 bridgehead atoms. The fraction of sp³-hybridized carbons (Fsp3) is 0.765. The summed E-state index contributed by atoms with van der Waals surface area (Å²) in [6.45, 7) is 10.7. The van der Waals surface area contributed by atoms with Gasteiger partial charge < -0.3 is 10.1 Å². The summed E-state index contributed by atoms with van der Waals surface area (Å²) < 4.78 is 6.36. The highest BCUT2D eigenvalue weighted by atomic mass is 32.1. The third-order valence-corrected chi connectivity index (χ3v) is 5.73. The van der Waals surface area contributed by atoms with Crippen LogP contribution in [0.2, 0.25) is 0 Å². The first-order valence-electron chi connectivity index (χ1n) is 8.04. The SMILES string of the molecule is CCNC(c1sccc1C)C1(OCC)CCC(C)CC1. The Morgan fingerprint density at radius 3 is 2.60 bits per heavy atom. The van der Waals surface area contributed by atoms with Gasteiger partial charge >= 0.3 is 0 Å². The molecule has 1 aromatic heterocycles. The predicted octanol–water partition coefficient (Wildman–Crippen LogP) is 4.69. The van der Waals surface area contributed by atoms with E-state index in [-0.39, 0.29) is 5.60 Å². The first-order chi connectivity index (χ1) is 9.63. The van der Waals surface area contributed by atoms with Crippen molar-refractivity contribution in [2.24, 2.45) is 5.92 Å². The second-order valence-electron chi connectivity index (χ2n) is 6.14. The number of thiophene rings is 1. The molecule has 1 unspecified atom stereocenters. The molecule has 0 radical (unpaired) electrons. The third-order valence-electron chi connectivity index (χ3n) is 4.65. The van der Waals surface area contributed by atoms with Crippen molar-refractivity contribution in [3.63, 3.8) is 0 Å². The van der Waals surface area contributed by atoms with Gasteiger partial charge in [-0.1, -0.05) is 13.8 Å². The van der Waals surface area contributed by atoms with Crippen LogP contribution in [-0.4, -0.2) is 18.8 Å². The second-order valence-corrected chi connectivity index (χ2v) is 7.09. The topological polar surface area (TPSA) is 21.3 Å². The Bertz CT molecular complexity index is 407. The van der Waals surface area contributed by atoms with E-state index in [4.69, 9.17) is 4.74 Å². The van der Waals surface area contributed by atoms with Crippen LogP contribution in [-0.2, 0) is 4.74 Å². The minimum atomic E-state index is -0.00706. The lowest BCUT2D eigenvalue weighted by Gasteiger charge is -2.45. The summed E-state index contributed by atoms with van der Waals surface area (Å²) in [5, 5.41) is 5.93. The summed E-state index contributed by atoms with van der Waals surface area (Å²) in [6, 6.07) is 2.58. The summed E-state index contributed by atoms with van der Waals surface area (Å²) in [5.74, 6) is 0.843. The van der Waals surface area contributed by atoms with Crippen molar-refractivity contribution in [1.29, 1.82) is 0 Å². The van der Waals surface area contributed by atoms with Crippen LogP contribution in [0.1, 0.15) is 62.9 Å². The van der Waals surface area contributed by atoms with E-state index >= 15 is 0 Å². The van der Waals surface area contributed by atoms with Gasteiger partial charge in [0.15, 0.2) is 0 Å². The molecule has 0 amide bonds. The predicted molar refractivity (Wildman–Crippen MR) is 87.5 cm³/mol.